The molecule has 1 saturated heterocycles. The van der Waals surface area contributed by atoms with Gasteiger partial charge in [0, 0.05) is 35.1 Å². The molecule has 0 saturated carbocycles. The van der Waals surface area contributed by atoms with Gasteiger partial charge in [-0.25, -0.2) is 0 Å². The fraction of sp³-hybridized carbons (Fsp3) is 0.308. The maximum Gasteiger partial charge on any atom is 0.262 e. The van der Waals surface area contributed by atoms with Crippen LogP contribution in [0.5, 0.6) is 0 Å². The molecule has 0 radical (unpaired) electrons. The third-order valence-electron chi connectivity index (χ3n) is 5.88. The molecule has 0 aliphatic carbocycles. The molecule has 1 fully saturated rings. The summed E-state index contributed by atoms with van der Waals surface area (Å²) in [6, 6.07) is 18.7. The average molecular weight is 478 g/mol. The number of aliphatic hydroxyl groups is 2. The van der Waals surface area contributed by atoms with Gasteiger partial charge in [0.1, 0.15) is 11.6 Å². The second-order valence-corrected chi connectivity index (χ2v) is 9.25. The zero-order valence-corrected chi connectivity index (χ0v) is 19.8. The molecule has 0 spiro atoms. The highest BCUT2D eigenvalue weighted by atomic mass is 32.1. The summed E-state index contributed by atoms with van der Waals surface area (Å²) in [5.74, 6) is -0.566. The average Bonchev–Trinajstić information content (AvgIpc) is 3.38. The highest BCUT2D eigenvalue weighted by Crippen LogP contribution is 2.35. The fourth-order valence-electron chi connectivity index (χ4n) is 3.89. The van der Waals surface area contributed by atoms with Crippen LogP contribution in [-0.4, -0.2) is 61.7 Å². The fourth-order valence-corrected chi connectivity index (χ4v) is 4.90. The van der Waals surface area contributed by atoms with Crippen LogP contribution in [0.4, 0.5) is 5.69 Å². The van der Waals surface area contributed by atoms with Gasteiger partial charge in [-0.1, -0.05) is 18.2 Å². The summed E-state index contributed by atoms with van der Waals surface area (Å²) in [5, 5.41) is 32.7. The van der Waals surface area contributed by atoms with Crippen molar-refractivity contribution >= 4 is 39.3 Å². The van der Waals surface area contributed by atoms with Gasteiger partial charge in [0.05, 0.1) is 25.9 Å². The number of anilines is 1. The van der Waals surface area contributed by atoms with E-state index in [2.05, 4.69) is 46.6 Å². The lowest BCUT2D eigenvalue weighted by atomic mass is 10.0. The van der Waals surface area contributed by atoms with E-state index in [-0.39, 0.29) is 12.1 Å². The Labute approximate surface area is 202 Å². The summed E-state index contributed by atoms with van der Waals surface area (Å²) in [4.78, 5) is 16.6. The molecule has 0 bridgehead atoms. The number of carbonyl (C=O) groups is 1. The third-order valence-corrected chi connectivity index (χ3v) is 7.14. The van der Waals surface area contributed by atoms with Crippen molar-refractivity contribution in [3.8, 4) is 16.5 Å². The van der Waals surface area contributed by atoms with Crippen LogP contribution in [0.3, 0.4) is 0 Å². The molecule has 1 amide bonds. The lowest BCUT2D eigenvalue weighted by Gasteiger charge is -2.29. The minimum Gasteiger partial charge on any atom is -0.394 e. The quantitative estimate of drug-likeness (QED) is 0.357. The smallest absolute Gasteiger partial charge is 0.262 e. The number of aliphatic hydroxyl groups excluding tert-OH is 2. The second kappa shape index (κ2) is 10.8. The van der Waals surface area contributed by atoms with Crippen LogP contribution in [0.2, 0.25) is 0 Å². The van der Waals surface area contributed by atoms with Crippen LogP contribution >= 0.6 is 11.3 Å². The van der Waals surface area contributed by atoms with Crippen molar-refractivity contribution in [1.82, 2.24) is 5.32 Å². The third kappa shape index (κ3) is 5.29. The summed E-state index contributed by atoms with van der Waals surface area (Å²) < 4.78 is 5.45. The normalized spacial score (nSPS) is 15.5. The number of morpholine rings is 1. The van der Waals surface area contributed by atoms with Gasteiger partial charge in [0.15, 0.2) is 0 Å². The predicted octanol–water partition coefficient (Wildman–Crippen LogP) is 3.17. The molecule has 7 nitrogen and oxygen atoms in total. The lowest BCUT2D eigenvalue weighted by Crippen LogP contribution is -2.36. The Kier molecular flexibility index (Phi) is 7.60. The molecular weight excluding hydrogens is 450 g/mol. The van der Waals surface area contributed by atoms with Gasteiger partial charge in [-0.15, -0.1) is 11.3 Å². The molecule has 2 aromatic carbocycles. The summed E-state index contributed by atoms with van der Waals surface area (Å²) in [6.07, 6.45) is -1.06. The Morgan fingerprint density at radius 1 is 1.18 bits per heavy atom. The van der Waals surface area contributed by atoms with E-state index >= 15 is 0 Å². The second-order valence-electron chi connectivity index (χ2n) is 8.17. The Morgan fingerprint density at radius 2 is 1.91 bits per heavy atom. The van der Waals surface area contributed by atoms with E-state index < -0.39 is 18.6 Å². The van der Waals surface area contributed by atoms with Crippen LogP contribution in [0.1, 0.15) is 11.8 Å². The number of nitriles is 1. The minimum absolute atomic E-state index is 0.00677. The summed E-state index contributed by atoms with van der Waals surface area (Å²) in [7, 11) is 0. The van der Waals surface area contributed by atoms with Gasteiger partial charge in [-0.3, -0.25) is 4.79 Å². The Balaban J connectivity index is 1.55. The van der Waals surface area contributed by atoms with Crippen LogP contribution < -0.4 is 10.2 Å². The van der Waals surface area contributed by atoms with E-state index in [9.17, 15) is 15.2 Å². The molecule has 1 atom stereocenters. The summed E-state index contributed by atoms with van der Waals surface area (Å²) in [6.45, 7) is 4.48. The van der Waals surface area contributed by atoms with Gasteiger partial charge in [0.2, 0.25) is 0 Å². The number of ether oxygens (including phenoxy) is 1. The van der Waals surface area contributed by atoms with Gasteiger partial charge >= 0.3 is 0 Å². The van der Waals surface area contributed by atoms with Crippen molar-refractivity contribution in [2.24, 2.45) is 0 Å². The first kappa shape index (κ1) is 23.9. The van der Waals surface area contributed by atoms with Crippen molar-refractivity contribution in [3.05, 3.63) is 59.0 Å². The molecule has 1 unspecified atom stereocenters. The molecule has 8 heteroatoms. The van der Waals surface area contributed by atoms with Crippen molar-refractivity contribution in [3.63, 3.8) is 0 Å². The number of hydrogen-bond acceptors (Lipinski definition) is 7. The van der Waals surface area contributed by atoms with Gasteiger partial charge in [0.25, 0.3) is 5.91 Å². The number of nitrogens with one attached hydrogen (secondary N) is 1. The molecule has 3 N–H and O–H groups in total. The lowest BCUT2D eigenvalue weighted by molar-refractivity contribution is -0.117. The first-order chi connectivity index (χ1) is 16.5. The van der Waals surface area contributed by atoms with Crippen molar-refractivity contribution in [1.29, 1.82) is 5.26 Å². The monoisotopic (exact) mass is 477 g/mol. The highest BCUT2D eigenvalue weighted by Gasteiger charge is 2.17. The molecule has 2 heterocycles. The molecule has 1 aliphatic rings. The van der Waals surface area contributed by atoms with Crippen LogP contribution in [0.25, 0.3) is 26.8 Å². The minimum atomic E-state index is -1.06. The summed E-state index contributed by atoms with van der Waals surface area (Å²) in [5.41, 5.74) is 2.85. The molecule has 4 rings (SSSR count). The number of benzene rings is 2. The molecule has 1 aromatic heterocycles. The van der Waals surface area contributed by atoms with Crippen LogP contribution in [0.15, 0.2) is 54.1 Å². The van der Waals surface area contributed by atoms with E-state index in [4.69, 9.17) is 9.84 Å². The van der Waals surface area contributed by atoms with Crippen molar-refractivity contribution in [2.45, 2.75) is 13.0 Å². The van der Waals surface area contributed by atoms with E-state index in [0.717, 1.165) is 47.0 Å². The number of fused-ring (bicyclic) bond motifs is 1. The number of amides is 1. The van der Waals surface area contributed by atoms with E-state index in [1.54, 1.807) is 6.92 Å². The largest absolute Gasteiger partial charge is 0.394 e. The molecule has 34 heavy (non-hydrogen) atoms. The van der Waals surface area contributed by atoms with Crippen LogP contribution in [0, 0.1) is 11.3 Å². The van der Waals surface area contributed by atoms with E-state index in [1.807, 2.05) is 18.2 Å². The SMILES string of the molecule is C/C(=C(/C#N)C(=O)NCC(O)CO)c1ccc(-c2ccc3cc(N4CCOCC4)ccc3c2)s1. The Morgan fingerprint density at radius 3 is 2.65 bits per heavy atom. The topological polar surface area (TPSA) is 106 Å². The summed E-state index contributed by atoms with van der Waals surface area (Å²) >= 11 is 1.52. The molecule has 1 aliphatic heterocycles. The number of thiophene rings is 1. The molecule has 3 aromatic rings. The Bertz CT molecular complexity index is 1250. The van der Waals surface area contributed by atoms with Crippen LogP contribution in [-0.2, 0) is 9.53 Å². The maximum absolute atomic E-state index is 12.4. The molecular formula is C26H27N3O4S. The predicted molar refractivity (Wildman–Crippen MR) is 135 cm³/mol. The number of allylic oxidation sites excluding steroid dienone is 1. The zero-order chi connectivity index (χ0) is 24.1. The van der Waals surface area contributed by atoms with E-state index in [1.165, 1.54) is 22.4 Å². The standard InChI is InChI=1S/C26H27N3O4S/c1-17(23(14-27)26(32)28-15-22(31)16-30)24-6-7-25(34-24)20-3-2-19-13-21(5-4-18(19)12-20)29-8-10-33-11-9-29/h2-7,12-13,22,30-31H,8-11,15-16H2,1H3,(H,28,32)/b23-17+. The van der Waals surface area contributed by atoms with E-state index in [0.29, 0.717) is 5.57 Å². The highest BCUT2D eigenvalue weighted by molar-refractivity contribution is 7.16. The first-order valence-electron chi connectivity index (χ1n) is 11.2. The van der Waals surface area contributed by atoms with Gasteiger partial charge in [-0.05, 0) is 59.2 Å². The maximum atomic E-state index is 12.4. The number of nitrogens with zero attached hydrogens (tertiary/aromatic N) is 2. The van der Waals surface area contributed by atoms with Gasteiger partial charge < -0.3 is 25.2 Å². The van der Waals surface area contributed by atoms with Crippen molar-refractivity contribution < 1.29 is 19.7 Å². The zero-order valence-electron chi connectivity index (χ0n) is 19.0. The number of carbonyl (C=O) groups excluding carboxylic acids is 1. The molecule has 176 valence electrons. The number of hydrogen-bond donors (Lipinski definition) is 3. The first-order valence-corrected chi connectivity index (χ1v) is 12.0. The number of rotatable bonds is 7. The van der Waals surface area contributed by atoms with Crippen molar-refractivity contribution in [2.75, 3.05) is 44.4 Å². The Hall–Kier alpha value is -3.22. The van der Waals surface area contributed by atoms with Gasteiger partial charge in [-0.2, -0.15) is 5.26 Å².